The van der Waals surface area contributed by atoms with E-state index in [4.69, 9.17) is 0 Å². The first-order valence-electron chi connectivity index (χ1n) is 12.5. The molecule has 0 saturated heterocycles. The highest BCUT2D eigenvalue weighted by Gasteiger charge is 2.02. The van der Waals surface area contributed by atoms with Crippen LogP contribution in [0.1, 0.15) is 96.8 Å². The zero-order valence-electron chi connectivity index (χ0n) is 20.3. The summed E-state index contributed by atoms with van der Waals surface area (Å²) in [4.78, 5) is 14.3. The summed E-state index contributed by atoms with van der Waals surface area (Å²) >= 11 is 0. The van der Waals surface area contributed by atoms with Crippen molar-refractivity contribution in [2.45, 2.75) is 103 Å². The van der Waals surface area contributed by atoms with Crippen LogP contribution in [0.25, 0.3) is 0 Å². The van der Waals surface area contributed by atoms with Crippen LogP contribution < -0.4 is 10.6 Å². The van der Waals surface area contributed by atoms with E-state index in [2.05, 4.69) is 41.7 Å². The number of aliphatic hydroxyl groups excluding tert-OH is 1. The molecule has 0 aromatic carbocycles. The van der Waals surface area contributed by atoms with E-state index in [1.807, 2.05) is 7.05 Å². The van der Waals surface area contributed by atoms with E-state index >= 15 is 0 Å². The van der Waals surface area contributed by atoms with Crippen molar-refractivity contribution in [1.29, 1.82) is 0 Å². The molecular weight excluding hydrogens is 374 g/mol. The Kier molecular flexibility index (Phi) is 22.1. The van der Waals surface area contributed by atoms with E-state index in [0.717, 1.165) is 77.5 Å². The number of unbranched alkanes of at least 4 members (excludes halogenated alkanes) is 7. The third kappa shape index (κ3) is 21.8. The van der Waals surface area contributed by atoms with Crippen molar-refractivity contribution in [2.75, 3.05) is 40.3 Å². The molecule has 0 aliphatic rings. The van der Waals surface area contributed by atoms with E-state index in [0.29, 0.717) is 6.42 Å². The maximum atomic E-state index is 11.9. The molecule has 0 aromatic heterocycles. The van der Waals surface area contributed by atoms with Gasteiger partial charge in [-0.05, 0) is 85.1 Å². The molecule has 1 amide bonds. The van der Waals surface area contributed by atoms with Crippen LogP contribution in [0.5, 0.6) is 0 Å². The van der Waals surface area contributed by atoms with Crippen LogP contribution in [-0.4, -0.2) is 62.3 Å². The van der Waals surface area contributed by atoms with Crippen LogP contribution in [-0.2, 0) is 4.79 Å². The normalized spacial score (nSPS) is 12.7. The molecule has 30 heavy (non-hydrogen) atoms. The number of hydrogen-bond donors (Lipinski definition) is 3. The number of hydrogen-bond acceptors (Lipinski definition) is 4. The van der Waals surface area contributed by atoms with E-state index in [-0.39, 0.29) is 12.0 Å². The van der Waals surface area contributed by atoms with Gasteiger partial charge in [-0.25, -0.2) is 0 Å². The zero-order chi connectivity index (χ0) is 22.3. The lowest BCUT2D eigenvalue weighted by molar-refractivity contribution is -0.121. The molecule has 178 valence electrons. The van der Waals surface area contributed by atoms with Gasteiger partial charge in [-0.1, -0.05) is 51.2 Å². The van der Waals surface area contributed by atoms with E-state index in [1.165, 1.54) is 32.1 Å². The monoisotopic (exact) mass is 425 g/mol. The van der Waals surface area contributed by atoms with Gasteiger partial charge in [0.2, 0.25) is 5.91 Å². The number of carbonyl (C=O) groups is 1. The third-order valence-corrected chi connectivity index (χ3v) is 5.50. The van der Waals surface area contributed by atoms with Crippen LogP contribution in [0.4, 0.5) is 0 Å². The molecule has 5 nitrogen and oxygen atoms in total. The Morgan fingerprint density at radius 3 is 2.43 bits per heavy atom. The molecule has 0 aliphatic carbocycles. The Morgan fingerprint density at radius 2 is 1.67 bits per heavy atom. The van der Waals surface area contributed by atoms with Crippen LogP contribution in [0.3, 0.4) is 0 Å². The maximum Gasteiger partial charge on any atom is 0.219 e. The summed E-state index contributed by atoms with van der Waals surface area (Å²) < 4.78 is 0. The summed E-state index contributed by atoms with van der Waals surface area (Å²) in [5, 5.41) is 16.0. The van der Waals surface area contributed by atoms with Gasteiger partial charge >= 0.3 is 0 Å². The van der Waals surface area contributed by atoms with Gasteiger partial charge in [0.15, 0.2) is 0 Å². The Labute approximate surface area is 187 Å². The lowest BCUT2D eigenvalue weighted by Gasteiger charge is -2.16. The zero-order valence-corrected chi connectivity index (χ0v) is 20.3. The minimum atomic E-state index is -0.165. The van der Waals surface area contributed by atoms with Gasteiger partial charge in [0.1, 0.15) is 0 Å². The van der Waals surface area contributed by atoms with Gasteiger partial charge in [-0.3, -0.25) is 4.79 Å². The van der Waals surface area contributed by atoms with Crippen molar-refractivity contribution in [1.82, 2.24) is 15.5 Å². The fourth-order valence-electron chi connectivity index (χ4n) is 3.47. The number of aliphatic hydroxyl groups is 1. The molecule has 3 N–H and O–H groups in total. The van der Waals surface area contributed by atoms with Gasteiger partial charge < -0.3 is 20.6 Å². The summed E-state index contributed by atoms with van der Waals surface area (Å²) in [5.41, 5.74) is 0. The molecule has 1 atom stereocenters. The van der Waals surface area contributed by atoms with Gasteiger partial charge in [-0.2, -0.15) is 0 Å². The highest BCUT2D eigenvalue weighted by Crippen LogP contribution is 2.09. The molecule has 0 radical (unpaired) electrons. The standard InChI is InChI=1S/C25H51N3O2/c1-4-5-17-24(29)18-12-10-8-6-7-9-11-13-19-25(30)27-21-16-23-28(3)22-15-14-20-26-2/h10,12,24,26,29H,4-9,11,13-23H2,1-3H3,(H,27,30)/b12-10-. The Morgan fingerprint density at radius 1 is 0.933 bits per heavy atom. The highest BCUT2D eigenvalue weighted by molar-refractivity contribution is 5.75. The molecule has 0 heterocycles. The lowest BCUT2D eigenvalue weighted by Crippen LogP contribution is -2.28. The summed E-state index contributed by atoms with van der Waals surface area (Å²) in [6, 6.07) is 0. The van der Waals surface area contributed by atoms with Crippen molar-refractivity contribution in [3.63, 3.8) is 0 Å². The van der Waals surface area contributed by atoms with Gasteiger partial charge in [0.25, 0.3) is 0 Å². The SMILES string of the molecule is CCCCC(O)C/C=C\CCCCCCCC(=O)NCCCN(C)CCCCNC. The Balaban J connectivity index is 3.37. The molecular formula is C25H51N3O2. The third-order valence-electron chi connectivity index (χ3n) is 5.50. The van der Waals surface area contributed by atoms with Crippen molar-refractivity contribution in [2.24, 2.45) is 0 Å². The second kappa shape index (κ2) is 22.8. The average molecular weight is 426 g/mol. The minimum absolute atomic E-state index is 0.165. The molecule has 0 saturated carbocycles. The predicted octanol–water partition coefficient (Wildman–Crippen LogP) is 4.65. The largest absolute Gasteiger partial charge is 0.393 e. The van der Waals surface area contributed by atoms with Crippen LogP contribution in [0.15, 0.2) is 12.2 Å². The quantitative estimate of drug-likeness (QED) is 0.174. The number of nitrogens with zero attached hydrogens (tertiary/aromatic N) is 1. The van der Waals surface area contributed by atoms with E-state index in [9.17, 15) is 9.90 Å². The second-order valence-electron chi connectivity index (χ2n) is 8.63. The number of amides is 1. The van der Waals surface area contributed by atoms with Crippen LogP contribution in [0, 0.1) is 0 Å². The first kappa shape index (κ1) is 29.1. The van der Waals surface area contributed by atoms with Crippen molar-refractivity contribution >= 4 is 5.91 Å². The van der Waals surface area contributed by atoms with E-state index in [1.54, 1.807) is 0 Å². The Bertz CT molecular complexity index is 402. The first-order valence-corrected chi connectivity index (χ1v) is 12.5. The molecule has 0 fully saturated rings. The van der Waals surface area contributed by atoms with Gasteiger partial charge in [-0.15, -0.1) is 0 Å². The fourth-order valence-corrected chi connectivity index (χ4v) is 3.47. The van der Waals surface area contributed by atoms with Crippen molar-refractivity contribution in [3.8, 4) is 0 Å². The molecule has 1 unspecified atom stereocenters. The summed E-state index contributed by atoms with van der Waals surface area (Å²) in [6.07, 6.45) is 19.2. The summed E-state index contributed by atoms with van der Waals surface area (Å²) in [7, 11) is 4.16. The minimum Gasteiger partial charge on any atom is -0.393 e. The fraction of sp³-hybridized carbons (Fsp3) is 0.880. The molecule has 0 aliphatic heterocycles. The summed E-state index contributed by atoms with van der Waals surface area (Å²) in [6.45, 7) is 6.22. The van der Waals surface area contributed by atoms with Crippen LogP contribution >= 0.6 is 0 Å². The number of carbonyl (C=O) groups excluding carboxylic acids is 1. The lowest BCUT2D eigenvalue weighted by atomic mass is 10.1. The van der Waals surface area contributed by atoms with Gasteiger partial charge in [0.05, 0.1) is 6.10 Å². The molecule has 0 bridgehead atoms. The second-order valence-corrected chi connectivity index (χ2v) is 8.63. The van der Waals surface area contributed by atoms with Crippen molar-refractivity contribution < 1.29 is 9.90 Å². The number of allylic oxidation sites excluding steroid dienone is 1. The predicted molar refractivity (Wildman–Crippen MR) is 130 cm³/mol. The van der Waals surface area contributed by atoms with Crippen molar-refractivity contribution in [3.05, 3.63) is 12.2 Å². The molecule has 0 rings (SSSR count). The average Bonchev–Trinajstić information content (AvgIpc) is 2.74. The van der Waals surface area contributed by atoms with Crippen LogP contribution in [0.2, 0.25) is 0 Å². The maximum absolute atomic E-state index is 11.9. The number of rotatable bonds is 22. The summed E-state index contributed by atoms with van der Waals surface area (Å²) in [5.74, 6) is 0.205. The van der Waals surface area contributed by atoms with Gasteiger partial charge in [0, 0.05) is 13.0 Å². The number of nitrogens with one attached hydrogen (secondary N) is 2. The molecule has 0 aromatic rings. The molecule has 5 heteroatoms. The smallest absolute Gasteiger partial charge is 0.219 e. The Hall–Kier alpha value is -0.910. The van der Waals surface area contributed by atoms with E-state index < -0.39 is 0 Å². The highest BCUT2D eigenvalue weighted by atomic mass is 16.3. The molecule has 0 spiro atoms. The first-order chi connectivity index (χ1) is 14.6. The topological polar surface area (TPSA) is 64.6 Å².